The first-order valence-electron chi connectivity index (χ1n) is 34.0. The predicted molar refractivity (Wildman–Crippen MR) is 337 cm³/mol. The number of ether oxygens (including phenoxy) is 18. The van der Waals surface area contributed by atoms with Gasteiger partial charge in [-0.3, -0.25) is 52.7 Å². The van der Waals surface area contributed by atoms with Gasteiger partial charge in [-0.25, -0.2) is 4.79 Å². The number of allylic oxidation sites excluding steroid dienone is 2. The van der Waals surface area contributed by atoms with Crippen LogP contribution in [0.3, 0.4) is 0 Å². The Bertz CT molecular complexity index is 3200. The third kappa shape index (κ3) is 15.3. The lowest BCUT2D eigenvalue weighted by Crippen LogP contribution is -2.70. The summed E-state index contributed by atoms with van der Waals surface area (Å²) in [6.07, 6.45) is -23.2. The zero-order valence-electron chi connectivity index (χ0n) is 60.8. The van der Waals surface area contributed by atoms with E-state index in [1.165, 1.54) is 27.9 Å². The van der Waals surface area contributed by atoms with Crippen molar-refractivity contribution >= 4 is 71.6 Å². The van der Waals surface area contributed by atoms with Gasteiger partial charge in [0.25, 0.3) is 0 Å². The summed E-state index contributed by atoms with van der Waals surface area (Å²) in [5.74, 6) is -10.9. The van der Waals surface area contributed by atoms with Crippen molar-refractivity contribution in [3.63, 3.8) is 0 Å². The molecule has 0 amide bonds. The van der Waals surface area contributed by atoms with Gasteiger partial charge in [0.1, 0.15) is 24.2 Å². The molecular formula is C70H100O30. The van der Waals surface area contributed by atoms with Crippen molar-refractivity contribution in [2.24, 2.45) is 50.2 Å². The van der Waals surface area contributed by atoms with E-state index in [-0.39, 0.29) is 29.6 Å². The molecular weight excluding hydrogens is 1320 g/mol. The molecule has 3 heterocycles. The van der Waals surface area contributed by atoms with Gasteiger partial charge in [-0.15, -0.1) is 0 Å². The Morgan fingerprint density at radius 3 is 1.44 bits per heavy atom. The van der Waals surface area contributed by atoms with Gasteiger partial charge in [-0.2, -0.15) is 0 Å². The molecule has 0 aromatic heterocycles. The average molecular weight is 1420 g/mol. The van der Waals surface area contributed by atoms with Crippen molar-refractivity contribution in [3.05, 3.63) is 11.6 Å². The van der Waals surface area contributed by atoms with Crippen LogP contribution in [0, 0.1) is 50.2 Å². The Balaban J connectivity index is 1.23. The topological polar surface area (TPSA) is 371 Å². The third-order valence-electron chi connectivity index (χ3n) is 22.9. The fourth-order valence-electron chi connectivity index (χ4n) is 18.5. The summed E-state index contributed by atoms with van der Waals surface area (Å²) in [5, 5.41) is 0. The summed E-state index contributed by atoms with van der Waals surface area (Å²) in [6, 6.07) is 0. The van der Waals surface area contributed by atoms with Gasteiger partial charge in [-0.1, -0.05) is 53.2 Å². The van der Waals surface area contributed by atoms with Crippen molar-refractivity contribution in [1.29, 1.82) is 0 Å². The van der Waals surface area contributed by atoms with E-state index in [4.69, 9.17) is 85.3 Å². The number of hydrogen-bond donors (Lipinski definition) is 0. The van der Waals surface area contributed by atoms with Crippen LogP contribution < -0.4 is 0 Å². The van der Waals surface area contributed by atoms with Gasteiger partial charge in [-0.05, 0) is 105 Å². The highest BCUT2D eigenvalue weighted by atomic mass is 16.8. The van der Waals surface area contributed by atoms with Crippen molar-refractivity contribution in [2.45, 2.75) is 286 Å². The normalized spacial score (nSPS) is 40.8. The molecule has 0 bridgehead atoms. The van der Waals surface area contributed by atoms with Crippen LogP contribution in [0.4, 0.5) is 0 Å². The second-order valence-electron chi connectivity index (χ2n) is 29.7. The predicted octanol–water partition coefficient (Wildman–Crippen LogP) is 5.65. The molecule has 8 rings (SSSR count). The largest absolute Gasteiger partial charge is 0.468 e. The molecule has 5 aliphatic carbocycles. The molecule has 0 radical (unpaired) electrons. The van der Waals surface area contributed by atoms with Gasteiger partial charge >= 0.3 is 71.6 Å². The smallest absolute Gasteiger partial charge is 0.339 e. The van der Waals surface area contributed by atoms with E-state index < -0.39 is 216 Å². The van der Waals surface area contributed by atoms with Gasteiger partial charge in [0.05, 0.1) is 26.4 Å². The molecule has 0 N–H and O–H groups in total. The second-order valence-corrected chi connectivity index (χ2v) is 29.7. The molecule has 0 aromatic rings. The first-order valence-corrected chi connectivity index (χ1v) is 34.0. The average Bonchev–Trinajstić information content (AvgIpc) is 0.673. The molecule has 0 aromatic carbocycles. The Kier molecular flexibility index (Phi) is 23.8. The quantitative estimate of drug-likeness (QED) is 0.0652. The Morgan fingerprint density at radius 2 is 0.920 bits per heavy atom. The maximum Gasteiger partial charge on any atom is 0.339 e. The molecule has 7 fully saturated rings. The highest BCUT2D eigenvalue weighted by Gasteiger charge is 2.73. The highest BCUT2D eigenvalue weighted by Crippen LogP contribution is 2.76. The number of fused-ring (bicyclic) bond motifs is 7. The molecule has 30 nitrogen and oxygen atoms in total. The van der Waals surface area contributed by atoms with E-state index in [1.807, 2.05) is 0 Å². The maximum absolute atomic E-state index is 14.2. The lowest BCUT2D eigenvalue weighted by atomic mass is 9.33. The third-order valence-corrected chi connectivity index (χ3v) is 22.9. The number of methoxy groups -OCH3 is 2. The van der Waals surface area contributed by atoms with E-state index in [9.17, 15) is 57.5 Å². The minimum Gasteiger partial charge on any atom is -0.468 e. The van der Waals surface area contributed by atoms with Gasteiger partial charge in [0.2, 0.25) is 0 Å². The van der Waals surface area contributed by atoms with E-state index >= 15 is 0 Å². The zero-order chi connectivity index (χ0) is 74.4. The molecule has 8 aliphatic rings. The summed E-state index contributed by atoms with van der Waals surface area (Å²) in [4.78, 5) is 159. The maximum atomic E-state index is 14.2. The lowest BCUT2D eigenvalue weighted by Gasteiger charge is -2.72. The van der Waals surface area contributed by atoms with E-state index in [0.29, 0.717) is 38.5 Å². The van der Waals surface area contributed by atoms with Crippen LogP contribution in [0.15, 0.2) is 11.6 Å². The van der Waals surface area contributed by atoms with Crippen molar-refractivity contribution in [3.8, 4) is 0 Å². The standard InChI is InChI=1S/C70H100O30/c1-31-48(87-33(3)72)50(89-35(5)74)55(93-39(9)78)61(86-31)99-56-51(90-36(6)75)49(88-34(4)73)44(30-85-32(2)71)96-62(56)100-57-53(92-38(8)77)52(91-37(7)76)54(60(81)83-19)98-63(57)97-47-24-25-67(15)45(65(47,12)13)23-26-70(18)46(67)22-21-42-43-29-68(16,64(82)84-20)59(95-41(11)80)58(94-40(10)79)66(43,14)27-28-69(42,70)17/h21,31,43-59,61-63H,22-30H2,1-20H3/t31-,43-,44+,45-,46+,47-,48-,49-,50+,51-,52-,53-,54-,55+,56+,57+,58+,59-,61-,62-,63+,66+,67-,68-,69+,70+/m0/s1. The van der Waals surface area contributed by atoms with Crippen LogP contribution in [0.25, 0.3) is 0 Å². The molecule has 0 spiro atoms. The molecule has 560 valence electrons. The van der Waals surface area contributed by atoms with Gasteiger partial charge in [0.15, 0.2) is 86.0 Å². The minimum atomic E-state index is -2.11. The number of hydrogen-bond acceptors (Lipinski definition) is 30. The van der Waals surface area contributed by atoms with Gasteiger partial charge < -0.3 is 85.3 Å². The summed E-state index contributed by atoms with van der Waals surface area (Å²) in [5.41, 5.74) is -3.06. The first kappa shape index (κ1) is 78.9. The molecule has 4 saturated carbocycles. The van der Waals surface area contributed by atoms with Crippen LogP contribution in [-0.4, -0.2) is 203 Å². The molecule has 3 saturated heterocycles. The Hall–Kier alpha value is -6.86. The first-order chi connectivity index (χ1) is 46.5. The molecule has 3 aliphatic heterocycles. The molecule has 30 heteroatoms. The number of rotatable bonds is 19. The van der Waals surface area contributed by atoms with E-state index in [0.717, 1.165) is 74.5 Å². The fourth-order valence-corrected chi connectivity index (χ4v) is 18.5. The Morgan fingerprint density at radius 1 is 0.450 bits per heavy atom. The van der Waals surface area contributed by atoms with Gasteiger partial charge in [0, 0.05) is 74.7 Å². The number of carbonyl (C=O) groups excluding carboxylic acids is 12. The molecule has 100 heavy (non-hydrogen) atoms. The summed E-state index contributed by atoms with van der Waals surface area (Å²) < 4.78 is 109. The minimum absolute atomic E-state index is 0.0454. The number of carbonyl (C=O) groups is 12. The van der Waals surface area contributed by atoms with Crippen LogP contribution in [0.5, 0.6) is 0 Å². The second kappa shape index (κ2) is 30.2. The van der Waals surface area contributed by atoms with Crippen molar-refractivity contribution in [1.82, 2.24) is 0 Å². The SMILES string of the molecule is COC(=O)[C@H]1O[C@@H](O[C@H]2CC[C@]3(C)[C@H]4CC=C5[C@@H]6C[C@](C)(C(=O)OC)[C@@H](OC(C)=O)[C@@H](OC(C)=O)[C@]6(C)CC[C@@]5(C)[C@]4(C)CC[C@H]3C2(C)C)[C@H](O[C@@H]2O[C@H](COC(C)=O)[C@H](OC(C)=O)[C@H](OC(C)=O)[C@H]2O[C@@H]2O[C@@H](C)[C@H](OC(C)=O)[C@@H](OC(C)=O)[C@H]2OC(C)=O)[C@@H](OC(C)=O)[C@@H]1OC(C)=O. The lowest BCUT2D eigenvalue weighted by molar-refractivity contribution is -0.396. The Labute approximate surface area is 581 Å². The summed E-state index contributed by atoms with van der Waals surface area (Å²) >= 11 is 0. The highest BCUT2D eigenvalue weighted by molar-refractivity contribution is 5.79. The van der Waals surface area contributed by atoms with Crippen molar-refractivity contribution in [2.75, 3.05) is 20.8 Å². The van der Waals surface area contributed by atoms with Crippen LogP contribution in [0.2, 0.25) is 0 Å². The monoisotopic (exact) mass is 1420 g/mol. The van der Waals surface area contributed by atoms with E-state index in [2.05, 4.69) is 47.6 Å². The fraction of sp³-hybridized carbons (Fsp3) is 0.800. The van der Waals surface area contributed by atoms with Crippen LogP contribution in [-0.2, 0) is 143 Å². The van der Waals surface area contributed by atoms with E-state index in [1.54, 1.807) is 6.92 Å². The summed E-state index contributed by atoms with van der Waals surface area (Å²) in [7, 11) is 2.33. The van der Waals surface area contributed by atoms with Crippen LogP contribution >= 0.6 is 0 Å². The molecule has 26 atom stereocenters. The summed E-state index contributed by atoms with van der Waals surface area (Å²) in [6.45, 7) is 26.4. The zero-order valence-corrected chi connectivity index (χ0v) is 60.8. The number of esters is 12. The van der Waals surface area contributed by atoms with Crippen molar-refractivity contribution < 1.29 is 143 Å². The van der Waals surface area contributed by atoms with Crippen LogP contribution in [0.1, 0.15) is 176 Å². The molecule has 0 unspecified atom stereocenters.